The fourth-order valence-electron chi connectivity index (χ4n) is 2.47. The summed E-state index contributed by atoms with van der Waals surface area (Å²) < 4.78 is 0. The first-order valence-corrected chi connectivity index (χ1v) is 9.87. The number of nitrogens with zero attached hydrogens (tertiary/aromatic N) is 1. The normalized spacial score (nSPS) is 13.1. The molecule has 0 heterocycles. The molecule has 150 valence electrons. The SMILES string of the molecule is O=C(O)CC(O)(CSCCCCCCc1ccc(Cl)cc1[N+](=O)[O-])C(=O)O. The van der Waals surface area contributed by atoms with Crippen LogP contribution in [0.25, 0.3) is 0 Å². The highest BCUT2D eigenvalue weighted by molar-refractivity contribution is 7.99. The van der Waals surface area contributed by atoms with E-state index in [1.807, 2.05) is 0 Å². The van der Waals surface area contributed by atoms with E-state index >= 15 is 0 Å². The van der Waals surface area contributed by atoms with E-state index in [9.17, 15) is 24.8 Å². The number of rotatable bonds is 13. The molecule has 0 spiro atoms. The van der Waals surface area contributed by atoms with Crippen molar-refractivity contribution in [2.75, 3.05) is 11.5 Å². The number of hydrogen-bond donors (Lipinski definition) is 3. The van der Waals surface area contributed by atoms with E-state index in [0.29, 0.717) is 22.8 Å². The van der Waals surface area contributed by atoms with Crippen LogP contribution in [0.1, 0.15) is 37.7 Å². The summed E-state index contributed by atoms with van der Waals surface area (Å²) in [6.07, 6.45) is 2.96. The molecule has 1 rings (SSSR count). The van der Waals surface area contributed by atoms with Crippen molar-refractivity contribution in [3.8, 4) is 0 Å². The van der Waals surface area contributed by atoms with Gasteiger partial charge in [-0.15, -0.1) is 0 Å². The Labute approximate surface area is 165 Å². The number of nitro benzene ring substituents is 1. The fourth-order valence-corrected chi connectivity index (χ4v) is 3.75. The van der Waals surface area contributed by atoms with Gasteiger partial charge in [0, 0.05) is 22.4 Å². The monoisotopic (exact) mass is 419 g/mol. The van der Waals surface area contributed by atoms with E-state index in [1.54, 1.807) is 12.1 Å². The number of aliphatic hydroxyl groups is 1. The molecular formula is C17H22ClNO7S. The van der Waals surface area contributed by atoms with Gasteiger partial charge in [-0.05, 0) is 31.1 Å². The predicted octanol–water partition coefficient (Wildman–Crippen LogP) is 3.37. The summed E-state index contributed by atoms with van der Waals surface area (Å²) in [4.78, 5) is 32.2. The van der Waals surface area contributed by atoms with E-state index in [1.165, 1.54) is 17.8 Å². The maximum atomic E-state index is 11.0. The number of benzene rings is 1. The molecule has 0 saturated carbocycles. The lowest BCUT2D eigenvalue weighted by Crippen LogP contribution is -2.43. The van der Waals surface area contributed by atoms with Gasteiger partial charge in [0.1, 0.15) is 0 Å². The number of aliphatic carboxylic acids is 2. The van der Waals surface area contributed by atoms with Crippen LogP contribution in [-0.4, -0.2) is 49.3 Å². The fraction of sp³-hybridized carbons (Fsp3) is 0.529. The summed E-state index contributed by atoms with van der Waals surface area (Å²) in [7, 11) is 0. The largest absolute Gasteiger partial charge is 0.481 e. The second-order valence-electron chi connectivity index (χ2n) is 6.15. The van der Waals surface area contributed by atoms with Gasteiger partial charge in [-0.1, -0.05) is 30.5 Å². The molecule has 1 aromatic rings. The van der Waals surface area contributed by atoms with Gasteiger partial charge < -0.3 is 15.3 Å². The van der Waals surface area contributed by atoms with Crippen LogP contribution < -0.4 is 0 Å². The van der Waals surface area contributed by atoms with Gasteiger partial charge in [0.05, 0.1) is 11.3 Å². The Kier molecular flexibility index (Phi) is 9.54. The summed E-state index contributed by atoms with van der Waals surface area (Å²) in [6, 6.07) is 4.63. The van der Waals surface area contributed by atoms with Crippen LogP contribution in [0.3, 0.4) is 0 Å². The van der Waals surface area contributed by atoms with E-state index in [-0.39, 0.29) is 11.4 Å². The van der Waals surface area contributed by atoms with Crippen molar-refractivity contribution in [1.29, 1.82) is 0 Å². The lowest BCUT2D eigenvalue weighted by Gasteiger charge is -2.20. The van der Waals surface area contributed by atoms with Crippen LogP contribution in [0.2, 0.25) is 5.02 Å². The third kappa shape index (κ3) is 8.15. The number of aryl methyl sites for hydroxylation is 1. The highest BCUT2D eigenvalue weighted by Gasteiger charge is 2.38. The van der Waals surface area contributed by atoms with Gasteiger partial charge in [0.25, 0.3) is 5.69 Å². The minimum absolute atomic E-state index is 0.0180. The zero-order valence-corrected chi connectivity index (χ0v) is 16.2. The van der Waals surface area contributed by atoms with Crippen molar-refractivity contribution in [2.45, 2.75) is 44.1 Å². The molecule has 1 atom stereocenters. The topological polar surface area (TPSA) is 138 Å². The maximum Gasteiger partial charge on any atom is 0.337 e. The number of unbranched alkanes of at least 4 members (excludes halogenated alkanes) is 3. The number of carboxylic acids is 2. The molecule has 3 N–H and O–H groups in total. The lowest BCUT2D eigenvalue weighted by molar-refractivity contribution is -0.385. The van der Waals surface area contributed by atoms with Crippen molar-refractivity contribution < 1.29 is 29.8 Å². The summed E-state index contributed by atoms with van der Waals surface area (Å²) in [6.45, 7) is 0. The zero-order valence-electron chi connectivity index (χ0n) is 14.6. The van der Waals surface area contributed by atoms with Gasteiger partial charge in [0.2, 0.25) is 0 Å². The Morgan fingerprint density at radius 1 is 1.19 bits per heavy atom. The zero-order chi connectivity index (χ0) is 20.4. The average Bonchev–Trinajstić information content (AvgIpc) is 2.57. The lowest BCUT2D eigenvalue weighted by atomic mass is 10.0. The number of carbonyl (C=O) groups is 2. The van der Waals surface area contributed by atoms with Gasteiger partial charge >= 0.3 is 11.9 Å². The van der Waals surface area contributed by atoms with Crippen molar-refractivity contribution >= 4 is 41.0 Å². The molecule has 0 aliphatic rings. The molecule has 0 aromatic heterocycles. The van der Waals surface area contributed by atoms with Crippen molar-refractivity contribution in [3.05, 3.63) is 38.9 Å². The molecular weight excluding hydrogens is 398 g/mol. The predicted molar refractivity (Wildman–Crippen MR) is 102 cm³/mol. The Morgan fingerprint density at radius 3 is 2.44 bits per heavy atom. The minimum atomic E-state index is -2.26. The Hall–Kier alpha value is -1.84. The van der Waals surface area contributed by atoms with E-state index < -0.39 is 28.9 Å². The van der Waals surface area contributed by atoms with Crippen LogP contribution in [0.15, 0.2) is 18.2 Å². The Morgan fingerprint density at radius 2 is 1.85 bits per heavy atom. The van der Waals surface area contributed by atoms with Crippen molar-refractivity contribution in [1.82, 2.24) is 0 Å². The summed E-state index contributed by atoms with van der Waals surface area (Å²) >= 11 is 6.97. The Balaban J connectivity index is 2.27. The van der Waals surface area contributed by atoms with Crippen molar-refractivity contribution in [2.24, 2.45) is 0 Å². The second kappa shape index (κ2) is 11.1. The van der Waals surface area contributed by atoms with Crippen LogP contribution in [0.5, 0.6) is 0 Å². The molecule has 0 fully saturated rings. The van der Waals surface area contributed by atoms with E-state index in [4.69, 9.17) is 21.8 Å². The standard InChI is InChI=1S/C17H22ClNO7S/c18-13-7-6-12(14(9-13)19(25)26)5-3-1-2-4-8-27-11-17(24,16(22)23)10-15(20)21/h6-7,9,24H,1-5,8,10-11H2,(H,20,21)(H,22,23). The van der Waals surface area contributed by atoms with Crippen LogP contribution in [-0.2, 0) is 16.0 Å². The minimum Gasteiger partial charge on any atom is -0.481 e. The van der Waals surface area contributed by atoms with Gasteiger partial charge in [-0.3, -0.25) is 14.9 Å². The Bertz CT molecular complexity index is 685. The highest BCUT2D eigenvalue weighted by Crippen LogP contribution is 2.25. The third-order valence-corrected chi connectivity index (χ3v) is 5.41. The summed E-state index contributed by atoms with van der Waals surface area (Å²) in [5.41, 5.74) is -1.60. The van der Waals surface area contributed by atoms with E-state index in [0.717, 1.165) is 25.7 Å². The quantitative estimate of drug-likeness (QED) is 0.251. The molecule has 0 amide bonds. The molecule has 0 radical (unpaired) electrons. The average molecular weight is 420 g/mol. The molecule has 10 heteroatoms. The molecule has 0 aliphatic carbocycles. The highest BCUT2D eigenvalue weighted by atomic mass is 35.5. The number of halogens is 1. The van der Waals surface area contributed by atoms with Crippen molar-refractivity contribution in [3.63, 3.8) is 0 Å². The summed E-state index contributed by atoms with van der Waals surface area (Å²) in [5, 5.41) is 38.8. The number of carboxylic acid groups (broad SMARTS) is 2. The molecule has 0 aliphatic heterocycles. The van der Waals surface area contributed by atoms with Crippen LogP contribution >= 0.6 is 23.4 Å². The van der Waals surface area contributed by atoms with Gasteiger partial charge in [-0.2, -0.15) is 11.8 Å². The first-order chi connectivity index (χ1) is 12.7. The number of hydrogen-bond acceptors (Lipinski definition) is 6. The third-order valence-electron chi connectivity index (χ3n) is 3.91. The van der Waals surface area contributed by atoms with Crippen LogP contribution in [0, 0.1) is 10.1 Å². The molecule has 1 aromatic carbocycles. The van der Waals surface area contributed by atoms with Gasteiger partial charge in [-0.25, -0.2) is 4.79 Å². The molecule has 8 nitrogen and oxygen atoms in total. The van der Waals surface area contributed by atoms with Gasteiger partial charge in [0.15, 0.2) is 5.60 Å². The first-order valence-electron chi connectivity index (χ1n) is 8.34. The molecule has 1 unspecified atom stereocenters. The summed E-state index contributed by atoms with van der Waals surface area (Å²) in [5.74, 6) is -2.50. The smallest absolute Gasteiger partial charge is 0.337 e. The number of nitro groups is 1. The second-order valence-corrected chi connectivity index (χ2v) is 7.70. The molecule has 27 heavy (non-hydrogen) atoms. The first kappa shape index (κ1) is 23.2. The van der Waals surface area contributed by atoms with Crippen LogP contribution in [0.4, 0.5) is 5.69 Å². The molecule has 0 saturated heterocycles. The van der Waals surface area contributed by atoms with E-state index in [2.05, 4.69) is 0 Å². The maximum absolute atomic E-state index is 11.0. The molecule has 0 bridgehead atoms. The number of thioether (sulfide) groups is 1.